The summed E-state index contributed by atoms with van der Waals surface area (Å²) in [5, 5.41) is 3.06. The molecule has 3 N–H and O–H groups in total. The molecule has 2 nitrogen and oxygen atoms in total. The first kappa shape index (κ1) is 14.9. The van der Waals surface area contributed by atoms with Crippen molar-refractivity contribution in [1.82, 2.24) is 0 Å². The van der Waals surface area contributed by atoms with Gasteiger partial charge in [0.25, 0.3) is 0 Å². The highest BCUT2D eigenvalue weighted by Crippen LogP contribution is 2.29. The molecular formula is C15H14BrFN2S. The molecule has 20 heavy (non-hydrogen) atoms. The average Bonchev–Trinajstić information content (AvgIpc) is 2.44. The number of anilines is 2. The summed E-state index contributed by atoms with van der Waals surface area (Å²) in [5.41, 5.74) is 8.44. The molecule has 0 atom stereocenters. The Morgan fingerprint density at radius 2 is 2.10 bits per heavy atom. The Kier molecular flexibility index (Phi) is 4.73. The van der Waals surface area contributed by atoms with Crippen molar-refractivity contribution in [3.8, 4) is 0 Å². The second kappa shape index (κ2) is 6.33. The fourth-order valence-electron chi connectivity index (χ4n) is 1.86. The summed E-state index contributed by atoms with van der Waals surface area (Å²) in [6.07, 6.45) is 0.933. The van der Waals surface area contributed by atoms with Crippen molar-refractivity contribution in [3.63, 3.8) is 0 Å². The van der Waals surface area contributed by atoms with Gasteiger partial charge in [0.1, 0.15) is 4.99 Å². The van der Waals surface area contributed by atoms with Crippen LogP contribution in [0.4, 0.5) is 15.8 Å². The Bertz CT molecular complexity index is 658. The molecule has 0 aliphatic carbocycles. The fraction of sp³-hybridized carbons (Fsp3) is 0.133. The van der Waals surface area contributed by atoms with Gasteiger partial charge in [0.15, 0.2) is 5.82 Å². The molecule has 0 spiro atoms. The van der Waals surface area contributed by atoms with E-state index in [2.05, 4.69) is 28.2 Å². The lowest BCUT2D eigenvalue weighted by molar-refractivity contribution is 0.625. The molecule has 104 valence electrons. The van der Waals surface area contributed by atoms with Gasteiger partial charge >= 0.3 is 0 Å². The number of rotatable bonds is 4. The maximum absolute atomic E-state index is 14.3. The smallest absolute Gasteiger partial charge is 0.161 e. The third-order valence-electron chi connectivity index (χ3n) is 2.96. The van der Waals surface area contributed by atoms with Crippen molar-refractivity contribution < 1.29 is 4.39 Å². The molecular weight excluding hydrogens is 339 g/mol. The number of nitrogens with two attached hydrogens (primary N) is 1. The molecule has 0 bridgehead atoms. The molecule has 0 amide bonds. The van der Waals surface area contributed by atoms with Gasteiger partial charge in [-0.25, -0.2) is 4.39 Å². The van der Waals surface area contributed by atoms with Crippen LogP contribution in [0.15, 0.2) is 40.9 Å². The zero-order chi connectivity index (χ0) is 14.7. The van der Waals surface area contributed by atoms with Gasteiger partial charge in [-0.05, 0) is 52.2 Å². The van der Waals surface area contributed by atoms with Gasteiger partial charge in [0.05, 0.1) is 10.2 Å². The van der Waals surface area contributed by atoms with Crippen LogP contribution in [0.3, 0.4) is 0 Å². The average molecular weight is 353 g/mol. The van der Waals surface area contributed by atoms with E-state index in [1.807, 2.05) is 24.3 Å². The molecule has 5 heteroatoms. The standard InChI is InChI=1S/C15H14BrFN2S/c1-2-9-4-3-5-10(8-9)19-12-7-6-11(15(18)20)13(16)14(12)17/h3-8,19H,2H2,1H3,(H2,18,20). The molecule has 0 radical (unpaired) electrons. The van der Waals surface area contributed by atoms with Gasteiger partial charge in [0, 0.05) is 11.3 Å². The maximum Gasteiger partial charge on any atom is 0.161 e. The normalized spacial score (nSPS) is 10.3. The van der Waals surface area contributed by atoms with Crippen LogP contribution < -0.4 is 11.1 Å². The van der Waals surface area contributed by atoms with Gasteiger partial charge in [-0.15, -0.1) is 0 Å². The molecule has 0 saturated heterocycles. The molecule has 0 fully saturated rings. The SMILES string of the molecule is CCc1cccc(Nc2ccc(C(N)=S)c(Br)c2F)c1. The van der Waals surface area contributed by atoms with Crippen LogP contribution in [0.1, 0.15) is 18.1 Å². The number of hydrogen-bond acceptors (Lipinski definition) is 2. The van der Waals surface area contributed by atoms with Crippen molar-refractivity contribution in [3.05, 3.63) is 57.8 Å². The van der Waals surface area contributed by atoms with Crippen LogP contribution in [-0.4, -0.2) is 4.99 Å². The van der Waals surface area contributed by atoms with E-state index in [-0.39, 0.29) is 9.46 Å². The predicted molar refractivity (Wildman–Crippen MR) is 89.1 cm³/mol. The highest BCUT2D eigenvalue weighted by atomic mass is 79.9. The first-order valence-electron chi connectivity index (χ1n) is 6.16. The molecule has 0 saturated carbocycles. The van der Waals surface area contributed by atoms with Gasteiger partial charge < -0.3 is 11.1 Å². The first-order valence-corrected chi connectivity index (χ1v) is 7.36. The summed E-state index contributed by atoms with van der Waals surface area (Å²) in [7, 11) is 0. The lowest BCUT2D eigenvalue weighted by Gasteiger charge is -2.12. The van der Waals surface area contributed by atoms with Crippen LogP contribution in [-0.2, 0) is 6.42 Å². The molecule has 2 rings (SSSR count). The van der Waals surface area contributed by atoms with E-state index >= 15 is 0 Å². The minimum Gasteiger partial charge on any atom is -0.389 e. The summed E-state index contributed by atoms with van der Waals surface area (Å²) in [4.78, 5) is 0.162. The van der Waals surface area contributed by atoms with Crippen molar-refractivity contribution >= 4 is 44.5 Å². The summed E-state index contributed by atoms with van der Waals surface area (Å²) in [6, 6.07) is 11.2. The summed E-state index contributed by atoms with van der Waals surface area (Å²) < 4.78 is 14.5. The molecule has 0 aliphatic heterocycles. The van der Waals surface area contributed by atoms with E-state index < -0.39 is 5.82 Å². The maximum atomic E-state index is 14.3. The zero-order valence-electron chi connectivity index (χ0n) is 10.9. The third kappa shape index (κ3) is 3.16. The van der Waals surface area contributed by atoms with Crippen molar-refractivity contribution in [2.24, 2.45) is 5.73 Å². The Morgan fingerprint density at radius 1 is 1.35 bits per heavy atom. The topological polar surface area (TPSA) is 38.0 Å². The minimum absolute atomic E-state index is 0.162. The van der Waals surface area contributed by atoms with E-state index in [1.165, 1.54) is 5.56 Å². The van der Waals surface area contributed by atoms with Crippen molar-refractivity contribution in [2.75, 3.05) is 5.32 Å². The van der Waals surface area contributed by atoms with Crippen LogP contribution >= 0.6 is 28.1 Å². The number of nitrogens with one attached hydrogen (secondary N) is 1. The summed E-state index contributed by atoms with van der Waals surface area (Å²) in [6.45, 7) is 2.08. The summed E-state index contributed by atoms with van der Waals surface area (Å²) >= 11 is 8.07. The highest BCUT2D eigenvalue weighted by Gasteiger charge is 2.13. The molecule has 2 aromatic rings. The highest BCUT2D eigenvalue weighted by molar-refractivity contribution is 9.10. The second-order valence-corrected chi connectivity index (χ2v) is 5.56. The Morgan fingerprint density at radius 3 is 2.75 bits per heavy atom. The van der Waals surface area contributed by atoms with Crippen LogP contribution in [0.25, 0.3) is 0 Å². The number of benzene rings is 2. The third-order valence-corrected chi connectivity index (χ3v) is 3.96. The van der Waals surface area contributed by atoms with Gasteiger partial charge in [-0.3, -0.25) is 0 Å². The molecule has 2 aromatic carbocycles. The zero-order valence-corrected chi connectivity index (χ0v) is 13.3. The Hall–Kier alpha value is -1.46. The van der Waals surface area contributed by atoms with Crippen LogP contribution in [0, 0.1) is 5.82 Å². The van der Waals surface area contributed by atoms with Gasteiger partial charge in [-0.2, -0.15) is 0 Å². The largest absolute Gasteiger partial charge is 0.389 e. The molecule has 0 aromatic heterocycles. The van der Waals surface area contributed by atoms with E-state index in [1.54, 1.807) is 12.1 Å². The lowest BCUT2D eigenvalue weighted by Crippen LogP contribution is -2.11. The van der Waals surface area contributed by atoms with E-state index in [4.69, 9.17) is 18.0 Å². The number of aryl methyl sites for hydroxylation is 1. The lowest BCUT2D eigenvalue weighted by atomic mass is 10.1. The van der Waals surface area contributed by atoms with Crippen molar-refractivity contribution in [1.29, 1.82) is 0 Å². The van der Waals surface area contributed by atoms with Gasteiger partial charge in [-0.1, -0.05) is 31.3 Å². The number of halogens is 2. The quantitative estimate of drug-likeness (QED) is 0.794. The monoisotopic (exact) mass is 352 g/mol. The summed E-state index contributed by atoms with van der Waals surface area (Å²) in [5.74, 6) is -0.405. The predicted octanol–water partition coefficient (Wildman–Crippen LogP) is 4.53. The number of thiocarbonyl (C=S) groups is 1. The minimum atomic E-state index is -0.405. The number of hydrogen-bond donors (Lipinski definition) is 2. The van der Waals surface area contributed by atoms with Crippen LogP contribution in [0.2, 0.25) is 0 Å². The Balaban J connectivity index is 2.34. The second-order valence-electron chi connectivity index (χ2n) is 4.33. The first-order chi connectivity index (χ1) is 9.52. The molecule has 0 heterocycles. The Labute approximate surface area is 131 Å². The molecule has 0 aliphatic rings. The molecule has 0 unspecified atom stereocenters. The van der Waals surface area contributed by atoms with Gasteiger partial charge in [0.2, 0.25) is 0 Å². The van der Waals surface area contributed by atoms with Crippen molar-refractivity contribution in [2.45, 2.75) is 13.3 Å². The van der Waals surface area contributed by atoms with E-state index in [0.717, 1.165) is 12.1 Å². The fourth-order valence-corrected chi connectivity index (χ4v) is 2.72. The van der Waals surface area contributed by atoms with Crippen LogP contribution in [0.5, 0.6) is 0 Å². The van der Waals surface area contributed by atoms with E-state index in [0.29, 0.717) is 11.3 Å². The van der Waals surface area contributed by atoms with E-state index in [9.17, 15) is 4.39 Å².